The minimum atomic E-state index is -0.970. The van der Waals surface area contributed by atoms with Gasteiger partial charge in [-0.2, -0.15) is 5.26 Å². The van der Waals surface area contributed by atoms with Gasteiger partial charge in [0.2, 0.25) is 0 Å². The molecule has 0 aromatic heterocycles. The standard InChI is InChI=1S/C36H33N3O4/c1-3-43-33(40)23-32(28-13-6-4-7-14-28)39-34(29-15-8-5-9-16-29)36(42)38(2)31-20-19-26(22-30(31)35(39)41)18-17-25-11-10-12-27(21-25)24-37/h4-16,19-22,32,34H,3,17-18,23H2,1-2H3. The average Bonchev–Trinajstić information content (AvgIpc) is 3.12. The highest BCUT2D eigenvalue weighted by Crippen LogP contribution is 2.41. The maximum Gasteiger partial charge on any atom is 0.308 e. The molecule has 2 atom stereocenters. The molecular weight excluding hydrogens is 538 g/mol. The van der Waals surface area contributed by atoms with Gasteiger partial charge in [0.25, 0.3) is 11.8 Å². The molecular formula is C36H33N3O4. The molecule has 7 heteroatoms. The highest BCUT2D eigenvalue weighted by atomic mass is 16.5. The Labute approximate surface area is 251 Å². The number of benzene rings is 4. The molecule has 1 aliphatic rings. The predicted molar refractivity (Wildman–Crippen MR) is 164 cm³/mol. The molecule has 0 bridgehead atoms. The average molecular weight is 572 g/mol. The van der Waals surface area contributed by atoms with E-state index in [-0.39, 0.29) is 24.8 Å². The fraction of sp³-hybridized carbons (Fsp3) is 0.222. The Morgan fingerprint density at radius 3 is 2.23 bits per heavy atom. The molecule has 4 aromatic rings. The number of esters is 1. The van der Waals surface area contributed by atoms with Crippen LogP contribution in [0.5, 0.6) is 0 Å². The Morgan fingerprint density at radius 2 is 1.56 bits per heavy atom. The second-order valence-electron chi connectivity index (χ2n) is 10.5. The Balaban J connectivity index is 1.61. The molecule has 0 spiro atoms. The molecule has 43 heavy (non-hydrogen) atoms. The summed E-state index contributed by atoms with van der Waals surface area (Å²) < 4.78 is 5.33. The predicted octanol–water partition coefficient (Wildman–Crippen LogP) is 6.20. The number of likely N-dealkylation sites (N-methyl/N-ethyl adjacent to an activating group) is 1. The van der Waals surface area contributed by atoms with Crippen LogP contribution in [0.2, 0.25) is 0 Å². The molecule has 0 N–H and O–H groups in total. The third kappa shape index (κ3) is 6.34. The van der Waals surface area contributed by atoms with E-state index in [0.717, 1.165) is 16.7 Å². The second kappa shape index (κ2) is 13.2. The van der Waals surface area contributed by atoms with Crippen molar-refractivity contribution in [2.24, 2.45) is 0 Å². The van der Waals surface area contributed by atoms with Crippen LogP contribution in [-0.2, 0) is 27.2 Å². The van der Waals surface area contributed by atoms with Crippen LogP contribution in [0, 0.1) is 11.3 Å². The first-order valence-corrected chi connectivity index (χ1v) is 14.4. The molecule has 4 aromatic carbocycles. The number of hydrogen-bond donors (Lipinski definition) is 0. The van der Waals surface area contributed by atoms with Crippen molar-refractivity contribution in [1.82, 2.24) is 4.90 Å². The summed E-state index contributed by atoms with van der Waals surface area (Å²) in [6.45, 7) is 1.95. The molecule has 0 radical (unpaired) electrons. The number of ether oxygens (including phenoxy) is 1. The smallest absolute Gasteiger partial charge is 0.308 e. The van der Waals surface area contributed by atoms with Crippen LogP contribution >= 0.6 is 0 Å². The van der Waals surface area contributed by atoms with E-state index in [4.69, 9.17) is 4.74 Å². The summed E-state index contributed by atoms with van der Waals surface area (Å²) in [5.74, 6) is -1.06. The Kier molecular flexibility index (Phi) is 8.97. The molecule has 0 saturated carbocycles. The number of nitrogens with zero attached hydrogens (tertiary/aromatic N) is 3. The molecule has 216 valence electrons. The van der Waals surface area contributed by atoms with Crippen molar-refractivity contribution < 1.29 is 19.1 Å². The zero-order chi connectivity index (χ0) is 30.3. The fourth-order valence-electron chi connectivity index (χ4n) is 5.65. The molecule has 0 aliphatic carbocycles. The summed E-state index contributed by atoms with van der Waals surface area (Å²) in [4.78, 5) is 45.0. The van der Waals surface area contributed by atoms with Gasteiger partial charge in [-0.05, 0) is 66.3 Å². The van der Waals surface area contributed by atoms with Gasteiger partial charge in [-0.15, -0.1) is 0 Å². The van der Waals surface area contributed by atoms with Crippen molar-refractivity contribution in [3.05, 3.63) is 137 Å². The maximum atomic E-state index is 14.7. The second-order valence-corrected chi connectivity index (χ2v) is 10.5. The summed E-state index contributed by atoms with van der Waals surface area (Å²) in [7, 11) is 1.68. The van der Waals surface area contributed by atoms with Crippen LogP contribution < -0.4 is 4.90 Å². The summed E-state index contributed by atoms with van der Waals surface area (Å²) in [6, 6.07) is 32.1. The molecule has 0 fully saturated rings. The third-order valence-corrected chi connectivity index (χ3v) is 7.79. The van der Waals surface area contributed by atoms with E-state index in [1.54, 1.807) is 24.9 Å². The van der Waals surface area contributed by atoms with Crippen LogP contribution in [-0.4, -0.2) is 36.3 Å². The zero-order valence-electron chi connectivity index (χ0n) is 24.3. The number of rotatable bonds is 9. The molecule has 2 unspecified atom stereocenters. The molecule has 1 heterocycles. The maximum absolute atomic E-state index is 14.7. The van der Waals surface area contributed by atoms with Gasteiger partial charge in [0.1, 0.15) is 6.04 Å². The van der Waals surface area contributed by atoms with Gasteiger partial charge >= 0.3 is 5.97 Å². The van der Waals surface area contributed by atoms with Crippen molar-refractivity contribution >= 4 is 23.5 Å². The summed E-state index contributed by atoms with van der Waals surface area (Å²) in [5, 5.41) is 9.27. The number of carbonyl (C=O) groups is 3. The van der Waals surface area contributed by atoms with Gasteiger partial charge < -0.3 is 14.5 Å². The molecule has 7 nitrogen and oxygen atoms in total. The number of anilines is 1. The topological polar surface area (TPSA) is 90.7 Å². The number of amides is 2. The van der Waals surface area contributed by atoms with E-state index in [1.807, 2.05) is 97.1 Å². The van der Waals surface area contributed by atoms with Crippen molar-refractivity contribution in [3.63, 3.8) is 0 Å². The lowest BCUT2D eigenvalue weighted by molar-refractivity contribution is -0.145. The Morgan fingerprint density at radius 1 is 0.884 bits per heavy atom. The highest BCUT2D eigenvalue weighted by molar-refractivity contribution is 6.11. The number of carbonyl (C=O) groups excluding carboxylic acids is 3. The van der Waals surface area contributed by atoms with E-state index in [9.17, 15) is 19.6 Å². The van der Waals surface area contributed by atoms with E-state index in [0.29, 0.717) is 35.2 Å². The van der Waals surface area contributed by atoms with Crippen molar-refractivity contribution in [2.45, 2.75) is 38.3 Å². The van der Waals surface area contributed by atoms with Crippen molar-refractivity contribution in [3.8, 4) is 6.07 Å². The molecule has 1 aliphatic heterocycles. The lowest BCUT2D eigenvalue weighted by atomic mass is 9.95. The Bertz CT molecular complexity index is 1660. The molecule has 5 rings (SSSR count). The van der Waals surface area contributed by atoms with Crippen LogP contribution in [0.15, 0.2) is 103 Å². The molecule has 0 saturated heterocycles. The Hall–Kier alpha value is -5.22. The van der Waals surface area contributed by atoms with Gasteiger partial charge in [-0.25, -0.2) is 0 Å². The van der Waals surface area contributed by atoms with Gasteiger partial charge in [0, 0.05) is 7.05 Å². The minimum absolute atomic E-state index is 0.103. The van der Waals surface area contributed by atoms with Crippen molar-refractivity contribution in [1.29, 1.82) is 5.26 Å². The number of nitriles is 1. The van der Waals surface area contributed by atoms with Crippen LogP contribution in [0.4, 0.5) is 5.69 Å². The van der Waals surface area contributed by atoms with Gasteiger partial charge in [-0.1, -0.05) is 78.9 Å². The van der Waals surface area contributed by atoms with E-state index in [1.165, 1.54) is 4.90 Å². The monoisotopic (exact) mass is 571 g/mol. The highest BCUT2D eigenvalue weighted by Gasteiger charge is 2.43. The number of hydrogen-bond acceptors (Lipinski definition) is 5. The van der Waals surface area contributed by atoms with Gasteiger partial charge in [-0.3, -0.25) is 14.4 Å². The van der Waals surface area contributed by atoms with Crippen molar-refractivity contribution in [2.75, 3.05) is 18.6 Å². The minimum Gasteiger partial charge on any atom is -0.466 e. The van der Waals surface area contributed by atoms with E-state index in [2.05, 4.69) is 6.07 Å². The SMILES string of the molecule is CCOC(=O)CC(c1ccccc1)N1C(=O)c2cc(CCc3cccc(C#N)c3)ccc2N(C)C(=O)C1c1ccccc1. The van der Waals surface area contributed by atoms with E-state index >= 15 is 0 Å². The lowest BCUT2D eigenvalue weighted by Gasteiger charge is -2.37. The molecule has 2 amide bonds. The normalized spacial score (nSPS) is 15.3. The van der Waals surface area contributed by atoms with Crippen LogP contribution in [0.1, 0.15) is 63.6 Å². The quantitative estimate of drug-likeness (QED) is 0.223. The lowest BCUT2D eigenvalue weighted by Crippen LogP contribution is -2.44. The fourth-order valence-corrected chi connectivity index (χ4v) is 5.65. The first kappa shape index (κ1) is 29.3. The third-order valence-electron chi connectivity index (χ3n) is 7.79. The van der Waals surface area contributed by atoms with Gasteiger partial charge in [0.05, 0.1) is 42.0 Å². The first-order chi connectivity index (χ1) is 20.9. The van der Waals surface area contributed by atoms with E-state index < -0.39 is 18.1 Å². The zero-order valence-corrected chi connectivity index (χ0v) is 24.3. The van der Waals surface area contributed by atoms with Crippen LogP contribution in [0.25, 0.3) is 0 Å². The summed E-state index contributed by atoms with van der Waals surface area (Å²) in [6.07, 6.45) is 1.22. The van der Waals surface area contributed by atoms with Crippen LogP contribution in [0.3, 0.4) is 0 Å². The van der Waals surface area contributed by atoms with Gasteiger partial charge in [0.15, 0.2) is 0 Å². The summed E-state index contributed by atoms with van der Waals surface area (Å²) in [5.41, 5.74) is 4.84. The summed E-state index contributed by atoms with van der Waals surface area (Å²) >= 11 is 0. The first-order valence-electron chi connectivity index (χ1n) is 14.4. The number of fused-ring (bicyclic) bond motifs is 1. The number of aryl methyl sites for hydroxylation is 2. The largest absolute Gasteiger partial charge is 0.466 e.